The van der Waals surface area contributed by atoms with Gasteiger partial charge in [0, 0.05) is 11.3 Å². The molecule has 0 fully saturated rings. The highest BCUT2D eigenvalue weighted by Gasteiger charge is 2.16. The highest BCUT2D eigenvalue weighted by Crippen LogP contribution is 2.27. The van der Waals surface area contributed by atoms with Crippen molar-refractivity contribution in [3.05, 3.63) is 53.6 Å². The predicted octanol–water partition coefficient (Wildman–Crippen LogP) is 1.66. The van der Waals surface area contributed by atoms with Gasteiger partial charge in [-0.15, -0.1) is 0 Å². The van der Waals surface area contributed by atoms with Gasteiger partial charge in [0.1, 0.15) is 0 Å². The van der Waals surface area contributed by atoms with Crippen molar-refractivity contribution in [1.29, 1.82) is 0 Å². The molecule has 0 unspecified atom stereocenters. The molecule has 6 N–H and O–H groups in total. The molecule has 2 aromatic rings. The minimum atomic E-state index is -0.215. The zero-order valence-corrected chi connectivity index (χ0v) is 9.18. The minimum absolute atomic E-state index is 0.215. The van der Waals surface area contributed by atoms with Crippen molar-refractivity contribution in [2.45, 2.75) is 0 Å². The van der Waals surface area contributed by atoms with Crippen LogP contribution in [0.5, 0.6) is 0 Å². The van der Waals surface area contributed by atoms with E-state index in [-0.39, 0.29) is 17.0 Å². The Labute approximate surface area is 99.0 Å². The standard InChI is InChI=1S/C13H13N3O/c14-9-6-7-10(15)12(16)11(9)13(17)8-4-2-1-3-5-8/h1-7H,14-16H2. The number of ketones is 1. The van der Waals surface area contributed by atoms with Gasteiger partial charge >= 0.3 is 0 Å². The molecular weight excluding hydrogens is 214 g/mol. The summed E-state index contributed by atoms with van der Waals surface area (Å²) in [4.78, 5) is 12.2. The van der Waals surface area contributed by atoms with Crippen LogP contribution in [-0.2, 0) is 0 Å². The number of hydrogen-bond donors (Lipinski definition) is 3. The maximum Gasteiger partial charge on any atom is 0.197 e. The molecule has 4 heteroatoms. The van der Waals surface area contributed by atoms with Crippen LogP contribution in [0.4, 0.5) is 17.1 Å². The summed E-state index contributed by atoms with van der Waals surface area (Å²) in [6.45, 7) is 0. The summed E-state index contributed by atoms with van der Waals surface area (Å²) < 4.78 is 0. The first kappa shape index (κ1) is 11.0. The monoisotopic (exact) mass is 227 g/mol. The molecular formula is C13H13N3O. The Hall–Kier alpha value is -2.49. The van der Waals surface area contributed by atoms with E-state index in [1.807, 2.05) is 6.07 Å². The predicted molar refractivity (Wildman–Crippen MR) is 69.6 cm³/mol. The quantitative estimate of drug-likeness (QED) is 0.537. The molecule has 86 valence electrons. The molecule has 0 heterocycles. The third-order valence-corrected chi connectivity index (χ3v) is 2.57. The van der Waals surface area contributed by atoms with Gasteiger partial charge in [0.15, 0.2) is 5.78 Å². The second-order valence-electron chi connectivity index (χ2n) is 3.73. The van der Waals surface area contributed by atoms with Gasteiger partial charge in [-0.1, -0.05) is 30.3 Å². The average molecular weight is 227 g/mol. The Morgan fingerprint density at radius 2 is 1.41 bits per heavy atom. The molecule has 0 spiro atoms. The van der Waals surface area contributed by atoms with Gasteiger partial charge in [-0.3, -0.25) is 4.79 Å². The van der Waals surface area contributed by atoms with Crippen LogP contribution in [0.2, 0.25) is 0 Å². The number of nitrogens with two attached hydrogens (primary N) is 3. The molecule has 2 aromatic carbocycles. The molecule has 0 aliphatic rings. The fraction of sp³-hybridized carbons (Fsp3) is 0. The number of benzene rings is 2. The SMILES string of the molecule is Nc1ccc(N)c(C(=O)c2ccccc2)c1N. The molecule has 0 amide bonds. The molecule has 0 saturated carbocycles. The fourth-order valence-electron chi connectivity index (χ4n) is 1.64. The number of hydrogen-bond acceptors (Lipinski definition) is 4. The zero-order valence-electron chi connectivity index (χ0n) is 9.18. The molecule has 0 aliphatic heterocycles. The van der Waals surface area contributed by atoms with E-state index in [0.717, 1.165) is 0 Å². The van der Waals surface area contributed by atoms with Crippen LogP contribution in [0.3, 0.4) is 0 Å². The Balaban J connectivity index is 2.56. The molecule has 0 bridgehead atoms. The summed E-state index contributed by atoms with van der Waals surface area (Å²) in [6, 6.07) is 12.0. The topological polar surface area (TPSA) is 95.1 Å². The summed E-state index contributed by atoms with van der Waals surface area (Å²) in [5, 5.41) is 0. The normalized spacial score (nSPS) is 10.1. The van der Waals surface area contributed by atoms with Crippen LogP contribution in [0.15, 0.2) is 42.5 Å². The average Bonchev–Trinajstić information content (AvgIpc) is 2.35. The van der Waals surface area contributed by atoms with Crippen molar-refractivity contribution in [3.63, 3.8) is 0 Å². The number of anilines is 3. The Bertz CT molecular complexity index is 564. The summed E-state index contributed by atoms with van der Waals surface area (Å²) >= 11 is 0. The van der Waals surface area contributed by atoms with Crippen molar-refractivity contribution >= 4 is 22.8 Å². The lowest BCUT2D eigenvalue weighted by Gasteiger charge is -2.10. The molecule has 0 aliphatic carbocycles. The van der Waals surface area contributed by atoms with Crippen molar-refractivity contribution in [3.8, 4) is 0 Å². The summed E-state index contributed by atoms with van der Waals surface area (Å²) in [5.41, 5.74) is 19.0. The lowest BCUT2D eigenvalue weighted by atomic mass is 9.99. The summed E-state index contributed by atoms with van der Waals surface area (Å²) in [7, 11) is 0. The first-order valence-corrected chi connectivity index (χ1v) is 5.14. The Kier molecular flexibility index (Phi) is 2.70. The summed E-state index contributed by atoms with van der Waals surface area (Å²) in [5.74, 6) is -0.215. The number of rotatable bonds is 2. The highest BCUT2D eigenvalue weighted by molar-refractivity contribution is 6.16. The molecule has 2 rings (SSSR count). The lowest BCUT2D eigenvalue weighted by molar-refractivity contribution is 0.104. The van der Waals surface area contributed by atoms with Gasteiger partial charge in [-0.25, -0.2) is 0 Å². The maximum absolute atomic E-state index is 12.2. The van der Waals surface area contributed by atoms with E-state index in [9.17, 15) is 4.79 Å². The van der Waals surface area contributed by atoms with E-state index in [1.165, 1.54) is 0 Å². The number of nitrogen functional groups attached to an aromatic ring is 3. The van der Waals surface area contributed by atoms with Crippen LogP contribution in [0.25, 0.3) is 0 Å². The third-order valence-electron chi connectivity index (χ3n) is 2.57. The minimum Gasteiger partial charge on any atom is -0.398 e. The van der Waals surface area contributed by atoms with Crippen LogP contribution in [-0.4, -0.2) is 5.78 Å². The smallest absolute Gasteiger partial charge is 0.197 e. The number of carbonyl (C=O) groups is 1. The van der Waals surface area contributed by atoms with Crippen molar-refractivity contribution in [1.82, 2.24) is 0 Å². The molecule has 4 nitrogen and oxygen atoms in total. The van der Waals surface area contributed by atoms with E-state index in [2.05, 4.69) is 0 Å². The van der Waals surface area contributed by atoms with Crippen molar-refractivity contribution in [2.24, 2.45) is 0 Å². The molecule has 0 saturated heterocycles. The first-order chi connectivity index (χ1) is 8.11. The van der Waals surface area contributed by atoms with Crippen LogP contribution >= 0.6 is 0 Å². The Morgan fingerprint density at radius 3 is 2.06 bits per heavy atom. The van der Waals surface area contributed by atoms with E-state index in [0.29, 0.717) is 16.9 Å². The van der Waals surface area contributed by atoms with Gasteiger partial charge < -0.3 is 17.2 Å². The largest absolute Gasteiger partial charge is 0.398 e. The van der Waals surface area contributed by atoms with E-state index >= 15 is 0 Å². The van der Waals surface area contributed by atoms with Crippen molar-refractivity contribution in [2.75, 3.05) is 17.2 Å². The Morgan fingerprint density at radius 1 is 0.824 bits per heavy atom. The molecule has 0 atom stereocenters. The van der Waals surface area contributed by atoms with Gasteiger partial charge in [0.05, 0.1) is 16.9 Å². The van der Waals surface area contributed by atoms with E-state index in [4.69, 9.17) is 17.2 Å². The maximum atomic E-state index is 12.2. The van der Waals surface area contributed by atoms with Gasteiger partial charge in [-0.2, -0.15) is 0 Å². The summed E-state index contributed by atoms with van der Waals surface area (Å²) in [6.07, 6.45) is 0. The molecule has 17 heavy (non-hydrogen) atoms. The second-order valence-corrected chi connectivity index (χ2v) is 3.73. The lowest BCUT2D eigenvalue weighted by Crippen LogP contribution is -2.10. The zero-order chi connectivity index (χ0) is 12.4. The number of carbonyl (C=O) groups excluding carboxylic acids is 1. The highest BCUT2D eigenvalue weighted by atomic mass is 16.1. The third kappa shape index (κ3) is 1.92. The van der Waals surface area contributed by atoms with E-state index in [1.54, 1.807) is 36.4 Å². The van der Waals surface area contributed by atoms with Crippen molar-refractivity contribution < 1.29 is 4.79 Å². The van der Waals surface area contributed by atoms with Gasteiger partial charge in [0.25, 0.3) is 0 Å². The van der Waals surface area contributed by atoms with E-state index < -0.39 is 0 Å². The van der Waals surface area contributed by atoms with Crippen LogP contribution in [0.1, 0.15) is 15.9 Å². The fourth-order valence-corrected chi connectivity index (χ4v) is 1.64. The van der Waals surface area contributed by atoms with Gasteiger partial charge in [0.2, 0.25) is 0 Å². The van der Waals surface area contributed by atoms with Gasteiger partial charge in [-0.05, 0) is 12.1 Å². The second kappa shape index (κ2) is 4.17. The molecule has 0 aromatic heterocycles. The first-order valence-electron chi connectivity index (χ1n) is 5.14. The van der Waals surface area contributed by atoms with Crippen LogP contribution < -0.4 is 17.2 Å². The molecule has 0 radical (unpaired) electrons. The van der Waals surface area contributed by atoms with Crippen LogP contribution in [0, 0.1) is 0 Å².